The number of ether oxygens (including phenoxy) is 3. The third kappa shape index (κ3) is 5.80. The van der Waals surface area contributed by atoms with E-state index >= 15 is 0 Å². The molecule has 1 aliphatic carbocycles. The van der Waals surface area contributed by atoms with Gasteiger partial charge in [0.25, 0.3) is 5.91 Å². The zero-order valence-electron chi connectivity index (χ0n) is 15.7. The monoisotopic (exact) mass is 385 g/mol. The van der Waals surface area contributed by atoms with E-state index in [-0.39, 0.29) is 29.0 Å². The molecule has 0 aliphatic heterocycles. The zero-order chi connectivity index (χ0) is 20.0. The van der Waals surface area contributed by atoms with Gasteiger partial charge in [-0.3, -0.25) is 4.79 Å². The molecule has 6 nitrogen and oxygen atoms in total. The van der Waals surface area contributed by atoms with Crippen LogP contribution in [-0.2, 0) is 9.53 Å². The molecule has 0 unspecified atom stereocenters. The summed E-state index contributed by atoms with van der Waals surface area (Å²) < 4.78 is 39.2. The molecule has 1 aliphatic rings. The molecule has 27 heavy (non-hydrogen) atoms. The molecule has 1 aromatic rings. The van der Waals surface area contributed by atoms with Crippen LogP contribution in [0.25, 0.3) is 0 Å². The highest BCUT2D eigenvalue weighted by Gasteiger charge is 2.27. The van der Waals surface area contributed by atoms with Gasteiger partial charge in [-0.25, -0.2) is 4.79 Å². The standard InChI is InChI=1S/C19H25F2NO5/c1-11-6-4-5-7-14(11)22-17(23)12(2)26-18(24)13-8-9-15(27-19(20)21)16(10-13)25-3/h8-12,14,19H,4-7H2,1-3H3,(H,22,23)/t11-,12+,14-/m0/s1. The second kappa shape index (κ2) is 9.53. The van der Waals surface area contributed by atoms with Crippen molar-refractivity contribution in [3.63, 3.8) is 0 Å². The minimum atomic E-state index is -3.01. The van der Waals surface area contributed by atoms with Crippen molar-refractivity contribution >= 4 is 11.9 Å². The summed E-state index contributed by atoms with van der Waals surface area (Å²) in [7, 11) is 1.27. The Morgan fingerprint density at radius 1 is 1.19 bits per heavy atom. The van der Waals surface area contributed by atoms with Gasteiger partial charge in [0.1, 0.15) is 0 Å². The first kappa shape index (κ1) is 20.9. The molecule has 150 valence electrons. The van der Waals surface area contributed by atoms with Gasteiger partial charge in [0.15, 0.2) is 17.6 Å². The van der Waals surface area contributed by atoms with E-state index in [0.717, 1.165) is 25.7 Å². The lowest BCUT2D eigenvalue weighted by atomic mass is 9.86. The van der Waals surface area contributed by atoms with Crippen LogP contribution in [0, 0.1) is 5.92 Å². The summed E-state index contributed by atoms with van der Waals surface area (Å²) in [4.78, 5) is 24.6. The Morgan fingerprint density at radius 3 is 2.52 bits per heavy atom. The van der Waals surface area contributed by atoms with Gasteiger partial charge in [0, 0.05) is 6.04 Å². The van der Waals surface area contributed by atoms with Gasteiger partial charge in [0.05, 0.1) is 12.7 Å². The molecule has 1 amide bonds. The SMILES string of the molecule is COc1cc(C(=O)O[C@H](C)C(=O)N[C@H]2CCCC[C@@H]2C)ccc1OC(F)F. The molecule has 1 saturated carbocycles. The van der Waals surface area contributed by atoms with Crippen molar-refractivity contribution in [2.45, 2.75) is 58.3 Å². The Hall–Kier alpha value is -2.38. The topological polar surface area (TPSA) is 73.9 Å². The number of hydrogen-bond donors (Lipinski definition) is 1. The van der Waals surface area contributed by atoms with Crippen molar-refractivity contribution < 1.29 is 32.6 Å². The van der Waals surface area contributed by atoms with Crippen LogP contribution in [0.4, 0.5) is 8.78 Å². The first-order valence-electron chi connectivity index (χ1n) is 8.96. The number of benzene rings is 1. The number of carbonyl (C=O) groups excluding carboxylic acids is 2. The van der Waals surface area contributed by atoms with E-state index in [1.807, 2.05) is 0 Å². The van der Waals surface area contributed by atoms with E-state index in [9.17, 15) is 18.4 Å². The third-order valence-corrected chi connectivity index (χ3v) is 4.71. The van der Waals surface area contributed by atoms with E-state index in [0.29, 0.717) is 5.92 Å². The molecule has 0 aromatic heterocycles. The van der Waals surface area contributed by atoms with Crippen molar-refractivity contribution in [1.82, 2.24) is 5.32 Å². The average molecular weight is 385 g/mol. The smallest absolute Gasteiger partial charge is 0.387 e. The quantitative estimate of drug-likeness (QED) is 0.727. The number of carbonyl (C=O) groups is 2. The fourth-order valence-electron chi connectivity index (χ4n) is 3.10. The maximum atomic E-state index is 12.4. The average Bonchev–Trinajstić information content (AvgIpc) is 2.63. The van der Waals surface area contributed by atoms with Crippen LogP contribution in [0.2, 0.25) is 0 Å². The summed E-state index contributed by atoms with van der Waals surface area (Å²) in [5.74, 6) is -0.945. The van der Waals surface area contributed by atoms with E-state index in [1.165, 1.54) is 32.2 Å². The number of nitrogens with one attached hydrogen (secondary N) is 1. The van der Waals surface area contributed by atoms with Gasteiger partial charge in [-0.1, -0.05) is 19.8 Å². The van der Waals surface area contributed by atoms with Crippen molar-refractivity contribution in [3.8, 4) is 11.5 Å². The lowest BCUT2D eigenvalue weighted by Crippen LogP contribution is -2.45. The Bertz CT molecular complexity index is 668. The normalized spacial score (nSPS) is 20.7. The lowest BCUT2D eigenvalue weighted by Gasteiger charge is -2.30. The molecular weight excluding hydrogens is 360 g/mol. The van der Waals surface area contributed by atoms with Crippen molar-refractivity contribution in [1.29, 1.82) is 0 Å². The molecule has 0 bridgehead atoms. The van der Waals surface area contributed by atoms with E-state index < -0.39 is 18.7 Å². The van der Waals surface area contributed by atoms with E-state index in [2.05, 4.69) is 17.0 Å². The summed E-state index contributed by atoms with van der Waals surface area (Å²) in [5.41, 5.74) is 0.0687. The number of alkyl halides is 2. The van der Waals surface area contributed by atoms with Crippen LogP contribution >= 0.6 is 0 Å². The maximum Gasteiger partial charge on any atom is 0.387 e. The van der Waals surface area contributed by atoms with Gasteiger partial charge in [-0.2, -0.15) is 8.78 Å². The fraction of sp³-hybridized carbons (Fsp3) is 0.579. The molecular formula is C19H25F2NO5. The number of hydrogen-bond acceptors (Lipinski definition) is 5. The summed E-state index contributed by atoms with van der Waals surface area (Å²) in [6, 6.07) is 3.78. The first-order valence-corrected chi connectivity index (χ1v) is 8.96. The molecule has 0 spiro atoms. The summed E-state index contributed by atoms with van der Waals surface area (Å²) in [6.45, 7) is 0.574. The largest absolute Gasteiger partial charge is 0.493 e. The molecule has 1 fully saturated rings. The molecule has 8 heteroatoms. The molecule has 2 rings (SSSR count). The molecule has 0 heterocycles. The fourth-order valence-corrected chi connectivity index (χ4v) is 3.10. The Balaban J connectivity index is 1.97. The second-order valence-electron chi connectivity index (χ2n) is 6.67. The number of halogens is 2. The van der Waals surface area contributed by atoms with Gasteiger partial charge < -0.3 is 19.5 Å². The first-order chi connectivity index (χ1) is 12.8. The zero-order valence-corrected chi connectivity index (χ0v) is 15.7. The van der Waals surface area contributed by atoms with Crippen LogP contribution in [0.15, 0.2) is 18.2 Å². The van der Waals surface area contributed by atoms with Crippen molar-refractivity contribution in [2.75, 3.05) is 7.11 Å². The molecule has 0 saturated heterocycles. The van der Waals surface area contributed by atoms with Crippen LogP contribution in [0.3, 0.4) is 0 Å². The lowest BCUT2D eigenvalue weighted by molar-refractivity contribution is -0.130. The highest BCUT2D eigenvalue weighted by Crippen LogP contribution is 2.30. The molecule has 1 N–H and O–H groups in total. The van der Waals surface area contributed by atoms with Crippen molar-refractivity contribution in [3.05, 3.63) is 23.8 Å². The van der Waals surface area contributed by atoms with Crippen LogP contribution in [-0.4, -0.2) is 37.7 Å². The van der Waals surface area contributed by atoms with Gasteiger partial charge in [0.2, 0.25) is 0 Å². The molecule has 1 aromatic carbocycles. The number of rotatable bonds is 7. The van der Waals surface area contributed by atoms with Crippen LogP contribution in [0.5, 0.6) is 11.5 Å². The number of amides is 1. The Morgan fingerprint density at radius 2 is 1.89 bits per heavy atom. The van der Waals surface area contributed by atoms with E-state index in [1.54, 1.807) is 0 Å². The van der Waals surface area contributed by atoms with Gasteiger partial charge in [-0.15, -0.1) is 0 Å². The maximum absolute atomic E-state index is 12.4. The Labute approximate surface area is 157 Å². The number of esters is 1. The predicted molar refractivity (Wildman–Crippen MR) is 94.1 cm³/mol. The molecule has 0 radical (unpaired) electrons. The number of methoxy groups -OCH3 is 1. The minimum Gasteiger partial charge on any atom is -0.493 e. The highest BCUT2D eigenvalue weighted by atomic mass is 19.3. The van der Waals surface area contributed by atoms with Crippen LogP contribution in [0.1, 0.15) is 49.9 Å². The predicted octanol–water partition coefficient (Wildman–Crippen LogP) is 3.54. The third-order valence-electron chi connectivity index (χ3n) is 4.71. The summed E-state index contributed by atoms with van der Waals surface area (Å²) in [5, 5.41) is 2.93. The molecule has 3 atom stereocenters. The van der Waals surface area contributed by atoms with Crippen LogP contribution < -0.4 is 14.8 Å². The van der Waals surface area contributed by atoms with Gasteiger partial charge in [-0.05, 0) is 43.9 Å². The van der Waals surface area contributed by atoms with Crippen molar-refractivity contribution in [2.24, 2.45) is 5.92 Å². The summed E-state index contributed by atoms with van der Waals surface area (Å²) >= 11 is 0. The highest BCUT2D eigenvalue weighted by molar-refractivity contribution is 5.92. The Kier molecular flexibility index (Phi) is 7.38. The van der Waals surface area contributed by atoms with E-state index in [4.69, 9.17) is 9.47 Å². The minimum absolute atomic E-state index is 0.0297. The summed E-state index contributed by atoms with van der Waals surface area (Å²) in [6.07, 6.45) is 3.22. The van der Waals surface area contributed by atoms with Gasteiger partial charge >= 0.3 is 12.6 Å². The second-order valence-corrected chi connectivity index (χ2v) is 6.67.